The molecule has 6 heteroatoms. The summed E-state index contributed by atoms with van der Waals surface area (Å²) in [6, 6.07) is 1.27. The maximum atomic E-state index is 13.8. The van der Waals surface area contributed by atoms with Crippen LogP contribution in [0.15, 0.2) is 12.3 Å². The van der Waals surface area contributed by atoms with Gasteiger partial charge in [0.15, 0.2) is 11.6 Å². The predicted molar refractivity (Wildman–Crippen MR) is 70.7 cm³/mol. The molecule has 1 aliphatic heterocycles. The van der Waals surface area contributed by atoms with Crippen molar-refractivity contribution in [2.75, 3.05) is 31.1 Å². The van der Waals surface area contributed by atoms with Gasteiger partial charge in [0.1, 0.15) is 0 Å². The second-order valence-corrected chi connectivity index (χ2v) is 5.48. The molecule has 0 N–H and O–H groups in total. The van der Waals surface area contributed by atoms with E-state index < -0.39 is 5.82 Å². The van der Waals surface area contributed by atoms with Crippen molar-refractivity contribution in [1.82, 2.24) is 9.88 Å². The highest BCUT2D eigenvalue weighted by molar-refractivity contribution is 6.30. The lowest BCUT2D eigenvalue weighted by Crippen LogP contribution is -2.49. The van der Waals surface area contributed by atoms with E-state index >= 15 is 0 Å². The van der Waals surface area contributed by atoms with E-state index in [0.29, 0.717) is 37.0 Å². The Morgan fingerprint density at radius 2 is 2.00 bits per heavy atom. The Morgan fingerprint density at radius 3 is 2.58 bits per heavy atom. The Bertz CT molecular complexity index is 499. The zero-order valence-electron chi connectivity index (χ0n) is 10.5. The number of piperazine rings is 1. The van der Waals surface area contributed by atoms with Gasteiger partial charge < -0.3 is 9.80 Å². The molecule has 1 aromatic heterocycles. The average molecular weight is 284 g/mol. The third kappa shape index (κ3) is 2.66. The molecule has 19 heavy (non-hydrogen) atoms. The van der Waals surface area contributed by atoms with Crippen molar-refractivity contribution < 1.29 is 9.18 Å². The lowest BCUT2D eigenvalue weighted by atomic mass is 10.2. The van der Waals surface area contributed by atoms with Crippen LogP contribution in [0.4, 0.5) is 10.2 Å². The van der Waals surface area contributed by atoms with Crippen LogP contribution in [0, 0.1) is 11.7 Å². The van der Waals surface area contributed by atoms with Crippen molar-refractivity contribution in [2.24, 2.45) is 5.92 Å². The molecule has 0 radical (unpaired) electrons. The second kappa shape index (κ2) is 4.96. The summed E-state index contributed by atoms with van der Waals surface area (Å²) < 4.78 is 13.8. The van der Waals surface area contributed by atoms with Crippen LogP contribution in [0.5, 0.6) is 0 Å². The Labute approximate surface area is 116 Å². The third-order valence-electron chi connectivity index (χ3n) is 3.61. The van der Waals surface area contributed by atoms with Crippen LogP contribution in [-0.4, -0.2) is 42.0 Å². The average Bonchev–Trinajstić information content (AvgIpc) is 3.22. The first-order chi connectivity index (χ1) is 9.15. The van der Waals surface area contributed by atoms with Crippen LogP contribution in [0.2, 0.25) is 5.02 Å². The number of carbonyl (C=O) groups is 1. The first kappa shape index (κ1) is 12.7. The Morgan fingerprint density at radius 1 is 1.32 bits per heavy atom. The molecule has 4 nitrogen and oxygen atoms in total. The summed E-state index contributed by atoms with van der Waals surface area (Å²) in [5, 5.41) is 0.295. The SMILES string of the molecule is O=C(C1CC1)N1CCN(c2ncc(Cl)cc2F)CC1. The van der Waals surface area contributed by atoms with Crippen LogP contribution >= 0.6 is 11.6 Å². The summed E-state index contributed by atoms with van der Waals surface area (Å²) in [4.78, 5) is 19.7. The molecule has 2 heterocycles. The Kier molecular flexibility index (Phi) is 3.31. The minimum absolute atomic E-state index is 0.247. The van der Waals surface area contributed by atoms with E-state index in [4.69, 9.17) is 11.6 Å². The fraction of sp³-hybridized carbons (Fsp3) is 0.538. The smallest absolute Gasteiger partial charge is 0.225 e. The highest BCUT2D eigenvalue weighted by atomic mass is 35.5. The Hall–Kier alpha value is -1.36. The van der Waals surface area contributed by atoms with Crippen LogP contribution < -0.4 is 4.90 Å². The van der Waals surface area contributed by atoms with Crippen LogP contribution in [0.3, 0.4) is 0 Å². The topological polar surface area (TPSA) is 36.4 Å². The van der Waals surface area contributed by atoms with Crippen molar-refractivity contribution in [1.29, 1.82) is 0 Å². The molecule has 3 rings (SSSR count). The van der Waals surface area contributed by atoms with E-state index in [2.05, 4.69) is 4.98 Å². The van der Waals surface area contributed by atoms with Gasteiger partial charge in [0.2, 0.25) is 5.91 Å². The number of aromatic nitrogens is 1. The van der Waals surface area contributed by atoms with Crippen LogP contribution in [0.1, 0.15) is 12.8 Å². The summed E-state index contributed by atoms with van der Waals surface area (Å²) in [7, 11) is 0. The standard InChI is InChI=1S/C13H15ClFN3O/c14-10-7-11(15)12(16-8-10)17-3-5-18(6-4-17)13(19)9-1-2-9/h7-9H,1-6H2. The van der Waals surface area contributed by atoms with Gasteiger partial charge in [-0.1, -0.05) is 11.6 Å². The third-order valence-corrected chi connectivity index (χ3v) is 3.81. The normalized spacial score (nSPS) is 19.7. The monoisotopic (exact) mass is 283 g/mol. The number of amides is 1. The van der Waals surface area contributed by atoms with E-state index in [9.17, 15) is 9.18 Å². The van der Waals surface area contributed by atoms with Crippen molar-refractivity contribution in [3.05, 3.63) is 23.1 Å². The van der Waals surface area contributed by atoms with Crippen molar-refractivity contribution in [3.63, 3.8) is 0 Å². The van der Waals surface area contributed by atoms with E-state index in [1.165, 1.54) is 12.3 Å². The molecule has 1 amide bonds. The lowest BCUT2D eigenvalue weighted by Gasteiger charge is -2.35. The van der Waals surface area contributed by atoms with Gasteiger partial charge in [-0.25, -0.2) is 9.37 Å². The molecule has 1 aromatic rings. The molecule has 0 spiro atoms. The minimum Gasteiger partial charge on any atom is -0.351 e. The zero-order valence-corrected chi connectivity index (χ0v) is 11.2. The minimum atomic E-state index is -0.408. The first-order valence-electron chi connectivity index (χ1n) is 6.50. The molecule has 0 bridgehead atoms. The second-order valence-electron chi connectivity index (χ2n) is 5.05. The molecular formula is C13H15ClFN3O. The number of hydrogen-bond donors (Lipinski definition) is 0. The summed E-state index contributed by atoms with van der Waals surface area (Å²) in [6.07, 6.45) is 3.49. The molecule has 102 valence electrons. The quantitative estimate of drug-likeness (QED) is 0.832. The van der Waals surface area contributed by atoms with Gasteiger partial charge in [0.05, 0.1) is 5.02 Å². The van der Waals surface area contributed by atoms with Gasteiger partial charge in [-0.3, -0.25) is 4.79 Å². The zero-order chi connectivity index (χ0) is 13.4. The molecule has 1 saturated heterocycles. The van der Waals surface area contributed by atoms with Crippen molar-refractivity contribution in [2.45, 2.75) is 12.8 Å². The van der Waals surface area contributed by atoms with Crippen molar-refractivity contribution in [3.8, 4) is 0 Å². The van der Waals surface area contributed by atoms with Gasteiger partial charge in [-0.2, -0.15) is 0 Å². The van der Waals surface area contributed by atoms with Gasteiger partial charge in [-0.05, 0) is 18.9 Å². The highest BCUT2D eigenvalue weighted by Crippen LogP contribution is 2.31. The number of carbonyl (C=O) groups excluding carboxylic acids is 1. The van der Waals surface area contributed by atoms with Gasteiger partial charge in [-0.15, -0.1) is 0 Å². The van der Waals surface area contributed by atoms with Gasteiger partial charge >= 0.3 is 0 Å². The Balaban J connectivity index is 1.64. The highest BCUT2D eigenvalue weighted by Gasteiger charge is 2.34. The van der Waals surface area contributed by atoms with Crippen molar-refractivity contribution >= 4 is 23.3 Å². The van der Waals surface area contributed by atoms with Crippen LogP contribution in [-0.2, 0) is 4.79 Å². The number of pyridine rings is 1. The lowest BCUT2D eigenvalue weighted by molar-refractivity contribution is -0.132. The number of rotatable bonds is 2. The predicted octanol–water partition coefficient (Wildman–Crippen LogP) is 1.93. The number of halogens is 2. The first-order valence-corrected chi connectivity index (χ1v) is 6.88. The molecule has 1 saturated carbocycles. The molecule has 2 aliphatic rings. The molecule has 0 atom stereocenters. The number of anilines is 1. The maximum Gasteiger partial charge on any atom is 0.225 e. The molecule has 1 aliphatic carbocycles. The fourth-order valence-corrected chi connectivity index (χ4v) is 2.51. The van der Waals surface area contributed by atoms with Crippen LogP contribution in [0.25, 0.3) is 0 Å². The molecular weight excluding hydrogens is 269 g/mol. The largest absolute Gasteiger partial charge is 0.351 e. The molecule has 2 fully saturated rings. The van der Waals surface area contributed by atoms with Gasteiger partial charge in [0.25, 0.3) is 0 Å². The van der Waals surface area contributed by atoms with E-state index in [0.717, 1.165) is 12.8 Å². The molecule has 0 aromatic carbocycles. The van der Waals surface area contributed by atoms with E-state index in [1.54, 1.807) is 0 Å². The number of hydrogen-bond acceptors (Lipinski definition) is 3. The molecule has 0 unspecified atom stereocenters. The van der Waals surface area contributed by atoms with E-state index in [1.807, 2.05) is 9.80 Å². The van der Waals surface area contributed by atoms with Gasteiger partial charge in [0, 0.05) is 38.3 Å². The summed E-state index contributed by atoms with van der Waals surface area (Å²) >= 11 is 5.69. The van der Waals surface area contributed by atoms with E-state index in [-0.39, 0.29) is 11.8 Å². The number of nitrogens with zero attached hydrogens (tertiary/aromatic N) is 3. The summed E-state index contributed by atoms with van der Waals surface area (Å²) in [5.41, 5.74) is 0. The summed E-state index contributed by atoms with van der Waals surface area (Å²) in [5.74, 6) is 0.415. The fourth-order valence-electron chi connectivity index (χ4n) is 2.37. The summed E-state index contributed by atoms with van der Waals surface area (Å²) in [6.45, 7) is 2.51. The maximum absolute atomic E-state index is 13.8.